The molecule has 0 unspecified atom stereocenters. The summed E-state index contributed by atoms with van der Waals surface area (Å²) in [4.78, 5) is 24.1. The van der Waals surface area contributed by atoms with Crippen molar-refractivity contribution in [2.75, 3.05) is 0 Å². The van der Waals surface area contributed by atoms with Gasteiger partial charge in [0.2, 0.25) is 0 Å². The maximum atomic E-state index is 12.1. The lowest BCUT2D eigenvalue weighted by Gasteiger charge is -2.43. The van der Waals surface area contributed by atoms with Gasteiger partial charge in [-0.05, 0) is 23.8 Å². The van der Waals surface area contributed by atoms with Gasteiger partial charge in [-0.1, -0.05) is 27.4 Å². The molecule has 18 heavy (non-hydrogen) atoms. The Bertz CT molecular complexity index is 451. The first-order valence-corrected chi connectivity index (χ1v) is 6.79. The van der Waals surface area contributed by atoms with Crippen molar-refractivity contribution in [1.29, 1.82) is 0 Å². The van der Waals surface area contributed by atoms with Crippen LogP contribution in [0.3, 0.4) is 0 Å². The van der Waals surface area contributed by atoms with Crippen molar-refractivity contribution in [2.45, 2.75) is 39.7 Å². The summed E-state index contributed by atoms with van der Waals surface area (Å²) >= 11 is 0. The van der Waals surface area contributed by atoms with Crippen molar-refractivity contribution in [3.8, 4) is 0 Å². The van der Waals surface area contributed by atoms with E-state index >= 15 is 0 Å². The maximum absolute atomic E-state index is 12.1. The monoisotopic (exact) mass is 248 g/mol. The number of carbonyl (C=O) groups is 2. The van der Waals surface area contributed by atoms with Crippen molar-refractivity contribution >= 4 is 11.8 Å². The summed E-state index contributed by atoms with van der Waals surface area (Å²) in [6, 6.07) is 0. The molecular formula is C15H20O3. The zero-order chi connectivity index (χ0) is 13.2. The summed E-state index contributed by atoms with van der Waals surface area (Å²) in [5.41, 5.74) is 0.493. The third kappa shape index (κ3) is 1.25. The highest BCUT2D eigenvalue weighted by Crippen LogP contribution is 2.61. The van der Waals surface area contributed by atoms with E-state index in [0.717, 1.165) is 6.42 Å². The van der Waals surface area contributed by atoms with Crippen molar-refractivity contribution in [3.63, 3.8) is 0 Å². The Morgan fingerprint density at radius 1 is 1.39 bits per heavy atom. The molecule has 0 spiro atoms. The van der Waals surface area contributed by atoms with Crippen LogP contribution in [-0.4, -0.2) is 17.9 Å². The smallest absolute Gasteiger partial charge is 0.309 e. The molecule has 5 atom stereocenters. The van der Waals surface area contributed by atoms with E-state index in [1.54, 1.807) is 0 Å². The average Bonchev–Trinajstić information content (AvgIpc) is 2.66. The molecule has 2 aliphatic carbocycles. The van der Waals surface area contributed by atoms with Crippen LogP contribution in [0, 0.1) is 29.1 Å². The van der Waals surface area contributed by atoms with Crippen LogP contribution in [0.25, 0.3) is 0 Å². The van der Waals surface area contributed by atoms with Crippen LogP contribution in [0.1, 0.15) is 33.6 Å². The fraction of sp³-hybridized carbons (Fsp3) is 0.733. The van der Waals surface area contributed by atoms with Gasteiger partial charge in [0, 0.05) is 17.8 Å². The molecule has 0 aromatic heterocycles. The standard InChI is InChI=1S/C15H20O3/c1-7(2)12-11-6-15(4)8(3)10(16)5-9(15)13(12)14(17)18-11/h7,9,11-13H,3,5-6H2,1-2,4H3/t9-,11+,12-,13+,15-/m0/s1. The Balaban J connectivity index is 2.05. The van der Waals surface area contributed by atoms with Crippen LogP contribution in [0.5, 0.6) is 0 Å². The molecule has 0 N–H and O–H groups in total. The van der Waals surface area contributed by atoms with Gasteiger partial charge in [0.05, 0.1) is 5.92 Å². The Kier molecular flexibility index (Phi) is 2.30. The van der Waals surface area contributed by atoms with E-state index in [0.29, 0.717) is 17.9 Å². The van der Waals surface area contributed by atoms with Gasteiger partial charge in [-0.3, -0.25) is 9.59 Å². The van der Waals surface area contributed by atoms with Crippen molar-refractivity contribution in [3.05, 3.63) is 12.2 Å². The number of esters is 1. The van der Waals surface area contributed by atoms with Crippen LogP contribution in [0.2, 0.25) is 0 Å². The zero-order valence-corrected chi connectivity index (χ0v) is 11.2. The first-order chi connectivity index (χ1) is 8.36. The minimum absolute atomic E-state index is 0.0219. The Hall–Kier alpha value is -1.12. The zero-order valence-electron chi connectivity index (χ0n) is 11.2. The van der Waals surface area contributed by atoms with E-state index in [-0.39, 0.29) is 41.0 Å². The summed E-state index contributed by atoms with van der Waals surface area (Å²) in [6.07, 6.45) is 1.23. The largest absolute Gasteiger partial charge is 0.462 e. The number of ether oxygens (including phenoxy) is 1. The fourth-order valence-corrected chi connectivity index (χ4v) is 4.46. The number of hydrogen-bond acceptors (Lipinski definition) is 3. The van der Waals surface area contributed by atoms with Gasteiger partial charge in [-0.25, -0.2) is 0 Å². The normalized spacial score (nSPS) is 46.6. The molecule has 3 fully saturated rings. The Morgan fingerprint density at radius 2 is 2.06 bits per heavy atom. The second-order valence-electron chi connectivity index (χ2n) is 6.66. The Labute approximate surface area is 108 Å². The molecule has 1 heterocycles. The van der Waals surface area contributed by atoms with Crippen molar-refractivity contribution in [1.82, 2.24) is 0 Å². The lowest BCUT2D eigenvalue weighted by atomic mass is 9.58. The Morgan fingerprint density at radius 3 is 2.67 bits per heavy atom. The number of Topliss-reactive ketones (excluding diaryl/α,β-unsaturated/α-hetero) is 1. The molecular weight excluding hydrogens is 228 g/mol. The molecule has 2 saturated carbocycles. The minimum Gasteiger partial charge on any atom is -0.462 e. The molecule has 0 aromatic rings. The fourth-order valence-electron chi connectivity index (χ4n) is 4.46. The highest BCUT2D eigenvalue weighted by atomic mass is 16.6. The molecule has 98 valence electrons. The number of allylic oxidation sites excluding steroid dienone is 1. The summed E-state index contributed by atoms with van der Waals surface area (Å²) in [5.74, 6) is 0.752. The quantitative estimate of drug-likeness (QED) is 0.528. The second kappa shape index (κ2) is 3.46. The summed E-state index contributed by atoms with van der Waals surface area (Å²) < 4.78 is 5.55. The number of fused-ring (bicyclic) bond motifs is 4. The van der Waals surface area contributed by atoms with Gasteiger partial charge in [0.15, 0.2) is 5.78 Å². The predicted octanol–water partition coefficient (Wildman–Crippen LogP) is 2.36. The highest BCUT2D eigenvalue weighted by molar-refractivity contribution is 6.00. The molecule has 0 amide bonds. The first-order valence-electron chi connectivity index (χ1n) is 6.79. The third-order valence-electron chi connectivity index (χ3n) is 5.46. The SMILES string of the molecule is C=C1C(=O)C[C@H]2[C@H]3C(=O)O[C@H](C[C@@]12C)[C@@H]3C(C)C. The minimum atomic E-state index is -0.218. The van der Waals surface area contributed by atoms with Crippen LogP contribution >= 0.6 is 0 Å². The molecule has 3 nitrogen and oxygen atoms in total. The van der Waals surface area contributed by atoms with Crippen LogP contribution in [-0.2, 0) is 14.3 Å². The van der Waals surface area contributed by atoms with Crippen molar-refractivity contribution in [2.24, 2.45) is 29.1 Å². The summed E-state index contributed by atoms with van der Waals surface area (Å²) in [5, 5.41) is 0. The molecule has 0 aromatic carbocycles. The van der Waals surface area contributed by atoms with E-state index < -0.39 is 0 Å². The number of rotatable bonds is 1. The summed E-state index contributed by atoms with van der Waals surface area (Å²) in [6.45, 7) is 10.3. The van der Waals surface area contributed by atoms with Gasteiger partial charge in [-0.15, -0.1) is 0 Å². The molecule has 0 radical (unpaired) electrons. The van der Waals surface area contributed by atoms with Crippen LogP contribution in [0.15, 0.2) is 12.2 Å². The lowest BCUT2D eigenvalue weighted by Crippen LogP contribution is -2.44. The maximum Gasteiger partial charge on any atom is 0.309 e. The molecule has 2 bridgehead atoms. The van der Waals surface area contributed by atoms with E-state index in [2.05, 4.69) is 27.4 Å². The average molecular weight is 248 g/mol. The highest BCUT2D eigenvalue weighted by Gasteiger charge is 2.64. The van der Waals surface area contributed by atoms with Gasteiger partial charge in [0.1, 0.15) is 6.10 Å². The first kappa shape index (κ1) is 11.9. The van der Waals surface area contributed by atoms with Crippen LogP contribution in [0.4, 0.5) is 0 Å². The van der Waals surface area contributed by atoms with E-state index in [1.807, 2.05) is 0 Å². The lowest BCUT2D eigenvalue weighted by molar-refractivity contribution is -0.144. The van der Waals surface area contributed by atoms with Crippen LogP contribution < -0.4 is 0 Å². The number of hydrogen-bond donors (Lipinski definition) is 0. The van der Waals surface area contributed by atoms with E-state index in [1.165, 1.54) is 0 Å². The second-order valence-corrected chi connectivity index (χ2v) is 6.66. The van der Waals surface area contributed by atoms with Gasteiger partial charge in [-0.2, -0.15) is 0 Å². The topological polar surface area (TPSA) is 43.4 Å². The van der Waals surface area contributed by atoms with E-state index in [4.69, 9.17) is 4.74 Å². The van der Waals surface area contributed by atoms with E-state index in [9.17, 15) is 9.59 Å². The molecule has 1 saturated heterocycles. The molecule has 3 heteroatoms. The number of carbonyl (C=O) groups excluding carboxylic acids is 2. The molecule has 1 aliphatic heterocycles. The van der Waals surface area contributed by atoms with Gasteiger partial charge in [0.25, 0.3) is 0 Å². The molecule has 3 aliphatic rings. The predicted molar refractivity (Wildman–Crippen MR) is 66.7 cm³/mol. The molecule has 3 rings (SSSR count). The van der Waals surface area contributed by atoms with Gasteiger partial charge < -0.3 is 4.74 Å². The summed E-state index contributed by atoms with van der Waals surface area (Å²) in [7, 11) is 0. The number of ketones is 1. The third-order valence-corrected chi connectivity index (χ3v) is 5.46. The van der Waals surface area contributed by atoms with Crippen molar-refractivity contribution < 1.29 is 14.3 Å². The van der Waals surface area contributed by atoms with Gasteiger partial charge >= 0.3 is 5.97 Å².